The molecule has 0 aromatic rings. The van der Waals surface area contributed by atoms with E-state index in [9.17, 15) is 19.5 Å². The number of aliphatic hydroxyl groups is 1. The van der Waals surface area contributed by atoms with Crippen LogP contribution in [0.15, 0.2) is 58.6 Å². The van der Waals surface area contributed by atoms with Crippen molar-refractivity contribution in [2.45, 2.75) is 103 Å². The third-order valence-electron chi connectivity index (χ3n) is 8.95. The van der Waals surface area contributed by atoms with Crippen molar-refractivity contribution in [3.63, 3.8) is 0 Å². The van der Waals surface area contributed by atoms with Gasteiger partial charge >= 0.3 is 17.9 Å². The van der Waals surface area contributed by atoms with Crippen molar-refractivity contribution in [3.05, 3.63) is 58.6 Å². The number of carbonyl (C=O) groups excluding carboxylic acids is 3. The van der Waals surface area contributed by atoms with Crippen LogP contribution in [0.1, 0.15) is 91.9 Å². The lowest BCUT2D eigenvalue weighted by Crippen LogP contribution is -2.52. The lowest BCUT2D eigenvalue weighted by molar-refractivity contribution is -0.269. The van der Waals surface area contributed by atoms with E-state index in [1.165, 1.54) is 12.2 Å². The zero-order valence-electron chi connectivity index (χ0n) is 23.9. The van der Waals surface area contributed by atoms with Gasteiger partial charge in [-0.3, -0.25) is 0 Å². The number of aliphatic hydroxyl groups excluding tert-OH is 1. The Labute approximate surface area is 235 Å². The lowest BCUT2D eigenvalue weighted by atomic mass is 9.75. The molecule has 3 atom stereocenters. The molecule has 2 spiro atoms. The molecule has 1 N–H and O–H groups in total. The Morgan fingerprint density at radius 3 is 1.93 bits per heavy atom. The van der Waals surface area contributed by atoms with E-state index in [4.69, 9.17) is 18.9 Å². The topological polar surface area (TPSA) is 108 Å². The van der Waals surface area contributed by atoms with E-state index in [0.29, 0.717) is 12.8 Å². The summed E-state index contributed by atoms with van der Waals surface area (Å²) in [5.74, 6) is -4.59. The molecule has 0 aromatic carbocycles. The summed E-state index contributed by atoms with van der Waals surface area (Å²) < 4.78 is 22.9. The monoisotopic (exact) mass is 552 g/mol. The van der Waals surface area contributed by atoms with E-state index in [2.05, 4.69) is 13.8 Å². The minimum Gasteiger partial charge on any atom is -0.480 e. The van der Waals surface area contributed by atoms with Gasteiger partial charge in [-0.05, 0) is 67.2 Å². The molecular weight excluding hydrogens is 512 g/mol. The summed E-state index contributed by atoms with van der Waals surface area (Å²) in [6.45, 7) is 8.16. The molecule has 0 bridgehead atoms. The normalized spacial score (nSPS) is 35.4. The molecule has 0 aromatic heterocycles. The van der Waals surface area contributed by atoms with Crippen LogP contribution >= 0.6 is 0 Å². The Morgan fingerprint density at radius 1 is 0.775 bits per heavy atom. The van der Waals surface area contributed by atoms with Crippen LogP contribution < -0.4 is 0 Å². The number of hydrogen-bond acceptors (Lipinski definition) is 8. The first-order valence-corrected chi connectivity index (χ1v) is 14.5. The minimum absolute atomic E-state index is 0.00289. The maximum atomic E-state index is 12.9. The van der Waals surface area contributed by atoms with E-state index in [1.54, 1.807) is 12.2 Å². The molecule has 3 aliphatic carbocycles. The fraction of sp³-hybridized carbons (Fsp3) is 0.594. The van der Waals surface area contributed by atoms with Crippen LogP contribution in [0.5, 0.6) is 0 Å². The van der Waals surface area contributed by atoms with E-state index < -0.39 is 35.4 Å². The predicted octanol–water partition coefficient (Wildman–Crippen LogP) is 6.40. The Bertz CT molecular complexity index is 1230. The number of rotatable bonds is 3. The highest BCUT2D eigenvalue weighted by molar-refractivity contribution is 6.15. The van der Waals surface area contributed by atoms with Gasteiger partial charge < -0.3 is 24.1 Å². The van der Waals surface area contributed by atoms with E-state index in [-0.39, 0.29) is 28.4 Å². The molecule has 3 fully saturated rings. The van der Waals surface area contributed by atoms with Gasteiger partial charge in [0.25, 0.3) is 17.5 Å². The van der Waals surface area contributed by atoms with Gasteiger partial charge in [0.15, 0.2) is 0 Å². The average molecular weight is 553 g/mol. The third kappa shape index (κ3) is 5.50. The maximum Gasteiger partial charge on any atom is 0.348 e. The SMILES string of the molecule is CC1CCCCC12OC(=O)C(=C/C=C1C=C(/C=C/C3=C(O)OC4(CCCCC4C)OC3=O)CC(C)(C)C/1)C(=O)O2. The van der Waals surface area contributed by atoms with Crippen molar-refractivity contribution in [3.8, 4) is 0 Å². The number of ether oxygens (including phenoxy) is 4. The van der Waals surface area contributed by atoms with E-state index in [0.717, 1.165) is 62.5 Å². The molecule has 2 saturated carbocycles. The smallest absolute Gasteiger partial charge is 0.348 e. The standard InChI is InChI=1S/C32H40O8/c1-20-9-5-7-15-31(20)37-26(33)24(27(34)38-31)13-11-22-17-23(19-30(3,4)18-22)12-14-25-28(35)39-32(40-29(25)36)16-8-6-10-21(32)2/h11-14,17,20-21,33H,5-10,15-16,18-19H2,1-4H3/b13-11+,23-12-,25-14?. The highest BCUT2D eigenvalue weighted by atomic mass is 16.8. The van der Waals surface area contributed by atoms with Crippen LogP contribution in [0.4, 0.5) is 0 Å². The Hall–Kier alpha value is -3.29. The Morgan fingerprint density at radius 2 is 1.35 bits per heavy atom. The van der Waals surface area contributed by atoms with Crippen molar-refractivity contribution in [1.82, 2.24) is 0 Å². The minimum atomic E-state index is -1.15. The van der Waals surface area contributed by atoms with Gasteiger partial charge in [-0.2, -0.15) is 0 Å². The van der Waals surface area contributed by atoms with Gasteiger partial charge in [0, 0.05) is 24.7 Å². The van der Waals surface area contributed by atoms with Gasteiger partial charge in [-0.1, -0.05) is 58.8 Å². The molecule has 2 aliphatic heterocycles. The molecular formula is C32H40O8. The van der Waals surface area contributed by atoms with Gasteiger partial charge in [-0.25, -0.2) is 14.4 Å². The Kier molecular flexibility index (Phi) is 7.48. The van der Waals surface area contributed by atoms with Gasteiger partial charge in [0.2, 0.25) is 0 Å². The molecule has 0 amide bonds. The fourth-order valence-corrected chi connectivity index (χ4v) is 6.63. The van der Waals surface area contributed by atoms with Gasteiger partial charge in [0.05, 0.1) is 0 Å². The zero-order valence-corrected chi connectivity index (χ0v) is 23.9. The van der Waals surface area contributed by atoms with Crippen molar-refractivity contribution in [2.24, 2.45) is 17.3 Å². The fourth-order valence-electron chi connectivity index (χ4n) is 6.63. The molecule has 5 aliphatic rings. The zero-order chi connectivity index (χ0) is 28.7. The number of hydrogen-bond donors (Lipinski definition) is 1. The van der Waals surface area contributed by atoms with Crippen LogP contribution in [-0.4, -0.2) is 34.6 Å². The summed E-state index contributed by atoms with van der Waals surface area (Å²) in [7, 11) is 0. The molecule has 40 heavy (non-hydrogen) atoms. The number of carbonyl (C=O) groups is 3. The van der Waals surface area contributed by atoms with Crippen LogP contribution in [0.2, 0.25) is 0 Å². The third-order valence-corrected chi connectivity index (χ3v) is 8.95. The highest BCUT2D eigenvalue weighted by Gasteiger charge is 2.51. The summed E-state index contributed by atoms with van der Waals surface area (Å²) >= 11 is 0. The molecule has 3 unspecified atom stereocenters. The number of allylic oxidation sites excluding steroid dienone is 6. The molecule has 1 saturated heterocycles. The van der Waals surface area contributed by atoms with E-state index >= 15 is 0 Å². The van der Waals surface area contributed by atoms with Crippen molar-refractivity contribution < 1.29 is 38.4 Å². The summed E-state index contributed by atoms with van der Waals surface area (Å²) in [4.78, 5) is 38.5. The highest BCUT2D eigenvalue weighted by Crippen LogP contribution is 2.44. The van der Waals surface area contributed by atoms with Gasteiger partial charge in [0.1, 0.15) is 11.1 Å². The van der Waals surface area contributed by atoms with Crippen LogP contribution in [0, 0.1) is 17.3 Å². The quantitative estimate of drug-likeness (QED) is 0.244. The van der Waals surface area contributed by atoms with Crippen molar-refractivity contribution >= 4 is 17.9 Å². The summed E-state index contributed by atoms with van der Waals surface area (Å²) in [5, 5.41) is 10.6. The first-order valence-electron chi connectivity index (χ1n) is 14.5. The molecule has 8 nitrogen and oxygen atoms in total. The van der Waals surface area contributed by atoms with Crippen LogP contribution in [-0.2, 0) is 33.3 Å². The summed E-state index contributed by atoms with van der Waals surface area (Å²) in [5.41, 5.74) is 1.58. The van der Waals surface area contributed by atoms with Crippen molar-refractivity contribution in [2.75, 3.05) is 0 Å². The summed E-state index contributed by atoms with van der Waals surface area (Å²) in [6.07, 6.45) is 16.5. The van der Waals surface area contributed by atoms with Gasteiger partial charge in [-0.15, -0.1) is 0 Å². The molecule has 5 rings (SSSR count). The summed E-state index contributed by atoms with van der Waals surface area (Å²) in [6, 6.07) is 0. The first kappa shape index (κ1) is 28.2. The van der Waals surface area contributed by atoms with E-state index in [1.807, 2.05) is 19.9 Å². The molecule has 2 heterocycles. The molecule has 216 valence electrons. The molecule has 8 heteroatoms. The largest absolute Gasteiger partial charge is 0.480 e. The maximum absolute atomic E-state index is 12.9. The average Bonchev–Trinajstić information content (AvgIpc) is 2.86. The first-order chi connectivity index (χ1) is 18.9. The Balaban J connectivity index is 1.34. The second kappa shape index (κ2) is 10.6. The van der Waals surface area contributed by atoms with Crippen molar-refractivity contribution in [1.29, 1.82) is 0 Å². The van der Waals surface area contributed by atoms with Crippen LogP contribution in [0.3, 0.4) is 0 Å². The van der Waals surface area contributed by atoms with Crippen LogP contribution in [0.25, 0.3) is 0 Å². The lowest BCUT2D eigenvalue weighted by Gasteiger charge is -2.43. The second-order valence-corrected chi connectivity index (χ2v) is 12.8. The predicted molar refractivity (Wildman–Crippen MR) is 146 cm³/mol. The molecule has 0 radical (unpaired) electrons. The number of esters is 3. The second-order valence-electron chi connectivity index (χ2n) is 12.8.